The molecule has 1 saturated heterocycles. The summed E-state index contributed by atoms with van der Waals surface area (Å²) < 4.78 is 5.45. The summed E-state index contributed by atoms with van der Waals surface area (Å²) in [5.74, 6) is 0.548. The Morgan fingerprint density at radius 2 is 1.83 bits per heavy atom. The van der Waals surface area contributed by atoms with Crippen LogP contribution in [-0.2, 0) is 11.2 Å². The number of hydrogen-bond donors (Lipinski definition) is 1. The lowest BCUT2D eigenvalue weighted by atomic mass is 9.89. The molecule has 0 bridgehead atoms. The highest BCUT2D eigenvalue weighted by molar-refractivity contribution is 5.68. The molecular formula is C19H30N2O2. The number of nitrogens with one attached hydrogen (secondary N) is 1. The molecule has 1 aromatic carbocycles. The first-order valence-corrected chi connectivity index (χ1v) is 8.60. The molecule has 0 aromatic heterocycles. The summed E-state index contributed by atoms with van der Waals surface area (Å²) in [4.78, 5) is 13.9. The number of amides is 1. The smallest absolute Gasteiger partial charge is 0.410 e. The van der Waals surface area contributed by atoms with E-state index in [4.69, 9.17) is 4.74 Å². The summed E-state index contributed by atoms with van der Waals surface area (Å²) in [5.41, 5.74) is 2.34. The van der Waals surface area contributed by atoms with Crippen molar-refractivity contribution in [1.29, 1.82) is 0 Å². The van der Waals surface area contributed by atoms with E-state index in [1.165, 1.54) is 11.1 Å². The van der Waals surface area contributed by atoms with E-state index in [-0.39, 0.29) is 6.09 Å². The molecule has 2 rings (SSSR count). The fraction of sp³-hybridized carbons (Fsp3) is 0.632. The Morgan fingerprint density at radius 3 is 2.35 bits per heavy atom. The van der Waals surface area contributed by atoms with Crippen molar-refractivity contribution in [2.75, 3.05) is 26.7 Å². The lowest BCUT2D eigenvalue weighted by Gasteiger charge is -2.33. The number of benzene rings is 1. The number of ether oxygens (including phenoxy) is 1. The first kappa shape index (κ1) is 17.8. The standard InChI is InChI=1S/C19H30N2O2/c1-19(2,3)23-18(22)21-13-10-17(11-14-21)16-7-5-15(6-8-16)9-12-20-4/h5-8,17,20H,9-14H2,1-4H3. The SMILES string of the molecule is CNCCc1ccc(C2CCN(C(=O)OC(C)(C)C)CC2)cc1. The molecule has 1 aromatic rings. The van der Waals surface area contributed by atoms with Crippen LogP contribution in [0.2, 0.25) is 0 Å². The molecule has 0 saturated carbocycles. The van der Waals surface area contributed by atoms with Crippen molar-refractivity contribution in [3.63, 3.8) is 0 Å². The van der Waals surface area contributed by atoms with Gasteiger partial charge in [-0.2, -0.15) is 0 Å². The van der Waals surface area contributed by atoms with Gasteiger partial charge >= 0.3 is 6.09 Å². The fourth-order valence-electron chi connectivity index (χ4n) is 2.95. The number of carbonyl (C=O) groups is 1. The van der Waals surface area contributed by atoms with Gasteiger partial charge in [-0.1, -0.05) is 24.3 Å². The third-order valence-corrected chi connectivity index (χ3v) is 4.26. The maximum absolute atomic E-state index is 12.1. The van der Waals surface area contributed by atoms with Crippen LogP contribution in [0.5, 0.6) is 0 Å². The van der Waals surface area contributed by atoms with E-state index in [2.05, 4.69) is 29.6 Å². The molecule has 128 valence electrons. The molecule has 23 heavy (non-hydrogen) atoms. The van der Waals surface area contributed by atoms with Crippen LogP contribution in [0.4, 0.5) is 4.79 Å². The van der Waals surface area contributed by atoms with Crippen molar-refractivity contribution >= 4 is 6.09 Å². The van der Waals surface area contributed by atoms with Crippen molar-refractivity contribution in [3.8, 4) is 0 Å². The Morgan fingerprint density at radius 1 is 1.22 bits per heavy atom. The van der Waals surface area contributed by atoms with E-state index < -0.39 is 5.60 Å². The topological polar surface area (TPSA) is 41.6 Å². The molecular weight excluding hydrogens is 288 g/mol. The number of nitrogens with zero attached hydrogens (tertiary/aromatic N) is 1. The molecule has 1 amide bonds. The van der Waals surface area contributed by atoms with Crippen molar-refractivity contribution in [3.05, 3.63) is 35.4 Å². The zero-order valence-corrected chi connectivity index (χ0v) is 14.9. The van der Waals surface area contributed by atoms with Gasteiger partial charge in [-0.05, 0) is 70.7 Å². The molecule has 0 aliphatic carbocycles. The van der Waals surface area contributed by atoms with E-state index in [1.807, 2.05) is 32.7 Å². The zero-order valence-electron chi connectivity index (χ0n) is 14.9. The minimum atomic E-state index is -0.420. The van der Waals surface area contributed by atoms with E-state index in [1.54, 1.807) is 0 Å². The second kappa shape index (κ2) is 7.82. The van der Waals surface area contributed by atoms with Gasteiger partial charge in [0.2, 0.25) is 0 Å². The third kappa shape index (κ3) is 5.54. The van der Waals surface area contributed by atoms with Gasteiger partial charge in [0.1, 0.15) is 5.60 Å². The molecule has 0 atom stereocenters. The van der Waals surface area contributed by atoms with Crippen LogP contribution in [0.25, 0.3) is 0 Å². The van der Waals surface area contributed by atoms with Crippen LogP contribution >= 0.6 is 0 Å². The molecule has 1 fully saturated rings. The average Bonchev–Trinajstić information content (AvgIpc) is 2.52. The number of hydrogen-bond acceptors (Lipinski definition) is 3. The van der Waals surface area contributed by atoms with Gasteiger partial charge < -0.3 is 15.0 Å². The predicted octanol–water partition coefficient (Wildman–Crippen LogP) is 3.56. The molecule has 0 radical (unpaired) electrons. The predicted molar refractivity (Wildman–Crippen MR) is 93.9 cm³/mol. The molecule has 4 heteroatoms. The number of carbonyl (C=O) groups excluding carboxylic acids is 1. The number of piperidine rings is 1. The van der Waals surface area contributed by atoms with E-state index >= 15 is 0 Å². The van der Waals surface area contributed by atoms with E-state index in [0.29, 0.717) is 5.92 Å². The van der Waals surface area contributed by atoms with Crippen LogP contribution in [0.15, 0.2) is 24.3 Å². The number of likely N-dealkylation sites (N-methyl/N-ethyl adjacent to an activating group) is 1. The molecule has 4 nitrogen and oxygen atoms in total. The summed E-state index contributed by atoms with van der Waals surface area (Å²) in [6.07, 6.45) is 2.90. The monoisotopic (exact) mass is 318 g/mol. The van der Waals surface area contributed by atoms with Gasteiger partial charge in [0, 0.05) is 13.1 Å². The Kier molecular flexibility index (Phi) is 6.05. The van der Waals surface area contributed by atoms with Crippen molar-refractivity contribution in [2.45, 2.75) is 51.6 Å². The normalized spacial score (nSPS) is 16.4. The lowest BCUT2D eigenvalue weighted by molar-refractivity contribution is 0.0205. The summed E-state index contributed by atoms with van der Waals surface area (Å²) in [6, 6.07) is 8.96. The lowest BCUT2D eigenvalue weighted by Crippen LogP contribution is -2.41. The maximum Gasteiger partial charge on any atom is 0.410 e. The maximum atomic E-state index is 12.1. The van der Waals surface area contributed by atoms with Crippen LogP contribution in [-0.4, -0.2) is 43.3 Å². The summed E-state index contributed by atoms with van der Waals surface area (Å²) >= 11 is 0. The highest BCUT2D eigenvalue weighted by Gasteiger charge is 2.27. The molecule has 0 spiro atoms. The first-order chi connectivity index (χ1) is 10.9. The van der Waals surface area contributed by atoms with Crippen LogP contribution in [0.1, 0.15) is 50.7 Å². The van der Waals surface area contributed by atoms with Gasteiger partial charge in [0.05, 0.1) is 0 Å². The summed E-state index contributed by atoms with van der Waals surface area (Å²) in [7, 11) is 1.98. The highest BCUT2D eigenvalue weighted by Crippen LogP contribution is 2.29. The van der Waals surface area contributed by atoms with Crippen LogP contribution in [0, 0.1) is 0 Å². The first-order valence-electron chi connectivity index (χ1n) is 8.60. The second-order valence-electron chi connectivity index (χ2n) is 7.34. The van der Waals surface area contributed by atoms with Gasteiger partial charge in [0.15, 0.2) is 0 Å². The largest absolute Gasteiger partial charge is 0.444 e. The average molecular weight is 318 g/mol. The van der Waals surface area contributed by atoms with E-state index in [9.17, 15) is 4.79 Å². The van der Waals surface area contributed by atoms with Gasteiger partial charge in [0.25, 0.3) is 0 Å². The number of likely N-dealkylation sites (tertiary alicyclic amines) is 1. The van der Waals surface area contributed by atoms with Crippen molar-refractivity contribution < 1.29 is 9.53 Å². The molecule has 1 aliphatic heterocycles. The Labute approximate surface area is 140 Å². The molecule has 1 aliphatic rings. The van der Waals surface area contributed by atoms with Gasteiger partial charge in [-0.25, -0.2) is 4.79 Å². The van der Waals surface area contributed by atoms with Crippen LogP contribution < -0.4 is 5.32 Å². The summed E-state index contributed by atoms with van der Waals surface area (Å²) in [6.45, 7) is 8.30. The Bertz CT molecular complexity index is 497. The van der Waals surface area contributed by atoms with Crippen LogP contribution in [0.3, 0.4) is 0 Å². The van der Waals surface area contributed by atoms with E-state index in [0.717, 1.165) is 38.9 Å². The minimum absolute atomic E-state index is 0.182. The molecule has 0 unspecified atom stereocenters. The molecule has 1 N–H and O–H groups in total. The van der Waals surface area contributed by atoms with Gasteiger partial charge in [-0.15, -0.1) is 0 Å². The Hall–Kier alpha value is -1.55. The summed E-state index contributed by atoms with van der Waals surface area (Å²) in [5, 5.41) is 3.18. The zero-order chi connectivity index (χ0) is 16.9. The quantitative estimate of drug-likeness (QED) is 0.923. The Balaban J connectivity index is 1.85. The number of rotatable bonds is 4. The minimum Gasteiger partial charge on any atom is -0.444 e. The second-order valence-corrected chi connectivity index (χ2v) is 7.34. The van der Waals surface area contributed by atoms with Crippen molar-refractivity contribution in [1.82, 2.24) is 10.2 Å². The fourth-order valence-corrected chi connectivity index (χ4v) is 2.95. The van der Waals surface area contributed by atoms with Gasteiger partial charge in [-0.3, -0.25) is 0 Å². The highest BCUT2D eigenvalue weighted by atomic mass is 16.6. The van der Waals surface area contributed by atoms with Crippen molar-refractivity contribution in [2.24, 2.45) is 0 Å². The third-order valence-electron chi connectivity index (χ3n) is 4.26. The molecule has 1 heterocycles.